The van der Waals surface area contributed by atoms with Crippen LogP contribution in [-0.4, -0.2) is 16.9 Å². The number of benzene rings is 1. The van der Waals surface area contributed by atoms with Gasteiger partial charge in [0, 0.05) is 10.9 Å². The first kappa shape index (κ1) is 18.8. The molecule has 1 aromatic heterocycles. The summed E-state index contributed by atoms with van der Waals surface area (Å²) in [5.74, 6) is -0.732. The highest BCUT2D eigenvalue weighted by atomic mass is 35.5. The van der Waals surface area contributed by atoms with Crippen molar-refractivity contribution in [1.82, 2.24) is 4.98 Å². The van der Waals surface area contributed by atoms with Gasteiger partial charge < -0.3 is 11.1 Å². The zero-order chi connectivity index (χ0) is 15.4. The van der Waals surface area contributed by atoms with Crippen LogP contribution in [0.15, 0.2) is 23.6 Å². The summed E-state index contributed by atoms with van der Waals surface area (Å²) in [7, 11) is 0. The molecular weight excluding hydrogens is 348 g/mol. The van der Waals surface area contributed by atoms with E-state index in [1.54, 1.807) is 11.4 Å². The van der Waals surface area contributed by atoms with Gasteiger partial charge in [0.05, 0.1) is 16.8 Å². The minimum Gasteiger partial charge on any atom is -0.320 e. The van der Waals surface area contributed by atoms with Crippen LogP contribution in [0.3, 0.4) is 0 Å². The van der Waals surface area contributed by atoms with Crippen molar-refractivity contribution in [3.8, 4) is 11.3 Å². The van der Waals surface area contributed by atoms with Gasteiger partial charge in [-0.1, -0.05) is 24.9 Å². The van der Waals surface area contributed by atoms with Crippen molar-refractivity contribution in [2.24, 2.45) is 5.73 Å². The molecule has 2 aromatic rings. The Morgan fingerprint density at radius 3 is 2.91 bits per heavy atom. The summed E-state index contributed by atoms with van der Waals surface area (Å²) in [5.41, 5.74) is 7.05. The third-order valence-electron chi connectivity index (χ3n) is 2.89. The molecular formula is C14H16Cl2FN3OS. The molecule has 0 aliphatic rings. The van der Waals surface area contributed by atoms with E-state index in [4.69, 9.17) is 17.3 Å². The molecule has 0 bridgehead atoms. The van der Waals surface area contributed by atoms with Crippen molar-refractivity contribution >= 4 is 46.4 Å². The minimum absolute atomic E-state index is 0. The summed E-state index contributed by atoms with van der Waals surface area (Å²) in [5, 5.41) is 4.95. The lowest BCUT2D eigenvalue weighted by Gasteiger charge is -2.08. The molecule has 3 N–H and O–H groups in total. The normalized spacial score (nSPS) is 11.6. The quantitative estimate of drug-likeness (QED) is 0.840. The first-order chi connectivity index (χ1) is 10.0. The number of hydrogen-bond donors (Lipinski definition) is 2. The number of anilines is 1. The maximum Gasteiger partial charge on any atom is 0.243 e. The van der Waals surface area contributed by atoms with E-state index in [-0.39, 0.29) is 23.3 Å². The topological polar surface area (TPSA) is 68.0 Å². The van der Waals surface area contributed by atoms with Gasteiger partial charge in [-0.15, -0.1) is 23.7 Å². The molecule has 8 heteroatoms. The Hall–Kier alpha value is -1.21. The Bertz CT molecular complexity index is 651. The average molecular weight is 364 g/mol. The highest BCUT2D eigenvalue weighted by molar-refractivity contribution is 7.14. The zero-order valence-electron chi connectivity index (χ0n) is 11.8. The van der Waals surface area contributed by atoms with E-state index >= 15 is 0 Å². The van der Waals surface area contributed by atoms with Crippen molar-refractivity contribution in [2.45, 2.75) is 25.8 Å². The van der Waals surface area contributed by atoms with E-state index in [2.05, 4.69) is 10.3 Å². The predicted molar refractivity (Wildman–Crippen MR) is 91.3 cm³/mol. The number of nitrogens with one attached hydrogen (secondary N) is 1. The molecule has 0 fully saturated rings. The number of aromatic nitrogens is 1. The van der Waals surface area contributed by atoms with Gasteiger partial charge in [-0.2, -0.15) is 0 Å². The third-order valence-corrected chi connectivity index (χ3v) is 3.93. The van der Waals surface area contributed by atoms with Crippen molar-refractivity contribution in [1.29, 1.82) is 0 Å². The van der Waals surface area contributed by atoms with Gasteiger partial charge in [0.1, 0.15) is 5.82 Å². The van der Waals surface area contributed by atoms with Gasteiger partial charge in [-0.05, 0) is 24.6 Å². The van der Waals surface area contributed by atoms with Crippen LogP contribution in [0, 0.1) is 5.82 Å². The van der Waals surface area contributed by atoms with Crippen LogP contribution in [0.5, 0.6) is 0 Å². The molecule has 1 amide bonds. The summed E-state index contributed by atoms with van der Waals surface area (Å²) in [4.78, 5) is 16.1. The van der Waals surface area contributed by atoms with Crippen LogP contribution in [0.25, 0.3) is 11.3 Å². The second-order valence-electron chi connectivity index (χ2n) is 4.55. The molecule has 1 aromatic carbocycles. The Kier molecular flexibility index (Phi) is 7.22. The van der Waals surface area contributed by atoms with Crippen molar-refractivity contribution in [3.05, 3.63) is 34.4 Å². The summed E-state index contributed by atoms with van der Waals surface area (Å²) in [6.07, 6.45) is 1.46. The maximum absolute atomic E-state index is 13.1. The molecule has 0 spiro atoms. The van der Waals surface area contributed by atoms with Crippen LogP contribution in [-0.2, 0) is 4.79 Å². The van der Waals surface area contributed by atoms with E-state index in [0.717, 1.165) is 6.42 Å². The van der Waals surface area contributed by atoms with Crippen LogP contribution in [0.4, 0.5) is 9.52 Å². The van der Waals surface area contributed by atoms with E-state index in [0.29, 0.717) is 22.8 Å². The number of hydrogen-bond acceptors (Lipinski definition) is 4. The molecule has 0 saturated heterocycles. The minimum atomic E-state index is -0.539. The molecule has 2 rings (SSSR count). The number of carbonyl (C=O) groups excluding carboxylic acids is 1. The second-order valence-corrected chi connectivity index (χ2v) is 5.82. The van der Waals surface area contributed by atoms with Gasteiger partial charge in [0.25, 0.3) is 0 Å². The highest BCUT2D eigenvalue weighted by Crippen LogP contribution is 2.28. The first-order valence-corrected chi connectivity index (χ1v) is 7.74. The Morgan fingerprint density at radius 2 is 2.27 bits per heavy atom. The number of carbonyl (C=O) groups is 1. The molecule has 0 saturated carbocycles. The fraction of sp³-hybridized carbons (Fsp3) is 0.286. The molecule has 4 nitrogen and oxygen atoms in total. The van der Waals surface area contributed by atoms with Crippen LogP contribution in [0.2, 0.25) is 5.02 Å². The number of amides is 1. The lowest BCUT2D eigenvalue weighted by atomic mass is 10.2. The predicted octanol–water partition coefficient (Wildman–Crippen LogP) is 4.09. The number of halogens is 3. The third kappa shape index (κ3) is 4.64. The molecule has 0 aliphatic carbocycles. The smallest absolute Gasteiger partial charge is 0.243 e. The summed E-state index contributed by atoms with van der Waals surface area (Å²) < 4.78 is 13.1. The zero-order valence-corrected chi connectivity index (χ0v) is 14.2. The molecule has 0 aliphatic heterocycles. The van der Waals surface area contributed by atoms with E-state index < -0.39 is 11.9 Å². The lowest BCUT2D eigenvalue weighted by molar-refractivity contribution is -0.117. The van der Waals surface area contributed by atoms with Crippen molar-refractivity contribution < 1.29 is 9.18 Å². The van der Waals surface area contributed by atoms with Gasteiger partial charge >= 0.3 is 0 Å². The number of thiazole rings is 1. The van der Waals surface area contributed by atoms with Crippen LogP contribution in [0.1, 0.15) is 19.8 Å². The Balaban J connectivity index is 0.00000242. The molecule has 1 atom stereocenters. The monoisotopic (exact) mass is 363 g/mol. The van der Waals surface area contributed by atoms with E-state index in [1.165, 1.54) is 23.5 Å². The summed E-state index contributed by atoms with van der Waals surface area (Å²) in [6, 6.07) is 3.83. The fourth-order valence-electron chi connectivity index (χ4n) is 1.76. The molecule has 120 valence electrons. The van der Waals surface area contributed by atoms with E-state index in [9.17, 15) is 9.18 Å². The van der Waals surface area contributed by atoms with Crippen LogP contribution < -0.4 is 11.1 Å². The first-order valence-electron chi connectivity index (χ1n) is 6.48. The molecule has 1 heterocycles. The number of nitrogens with two attached hydrogens (primary N) is 1. The Morgan fingerprint density at radius 1 is 1.55 bits per heavy atom. The van der Waals surface area contributed by atoms with Gasteiger partial charge in [0.2, 0.25) is 5.91 Å². The molecule has 1 unspecified atom stereocenters. The molecule has 22 heavy (non-hydrogen) atoms. The van der Waals surface area contributed by atoms with Gasteiger partial charge in [-0.25, -0.2) is 9.37 Å². The highest BCUT2D eigenvalue weighted by Gasteiger charge is 2.14. The SMILES string of the molecule is CCCC(N)C(=O)Nc1nc(-c2ccc(F)c(Cl)c2)cs1.Cl. The largest absolute Gasteiger partial charge is 0.320 e. The lowest BCUT2D eigenvalue weighted by Crippen LogP contribution is -2.35. The van der Waals surface area contributed by atoms with E-state index in [1.807, 2.05) is 6.92 Å². The second kappa shape index (κ2) is 8.43. The fourth-order valence-corrected chi connectivity index (χ4v) is 2.66. The van der Waals surface area contributed by atoms with Gasteiger partial charge in [-0.3, -0.25) is 4.79 Å². The Labute approximate surface area is 143 Å². The van der Waals surface area contributed by atoms with Crippen molar-refractivity contribution in [3.63, 3.8) is 0 Å². The van der Waals surface area contributed by atoms with Crippen molar-refractivity contribution in [2.75, 3.05) is 5.32 Å². The summed E-state index contributed by atoms with van der Waals surface area (Å²) in [6.45, 7) is 1.97. The standard InChI is InChI=1S/C14H15ClFN3OS.ClH/c1-2-3-11(17)13(20)19-14-18-12(7-21-14)8-4-5-10(16)9(15)6-8;/h4-7,11H,2-3,17H2,1H3,(H,18,19,20);1H. The molecule has 0 radical (unpaired) electrons. The van der Waals surface area contributed by atoms with Gasteiger partial charge in [0.15, 0.2) is 5.13 Å². The summed E-state index contributed by atoms with van der Waals surface area (Å²) >= 11 is 7.03. The van der Waals surface area contributed by atoms with Crippen LogP contribution >= 0.6 is 35.3 Å². The average Bonchev–Trinajstić information content (AvgIpc) is 2.90. The number of rotatable bonds is 5. The number of nitrogens with zero attached hydrogens (tertiary/aromatic N) is 1. The maximum atomic E-state index is 13.1.